The van der Waals surface area contributed by atoms with Crippen LogP contribution in [0.1, 0.15) is 5.56 Å². The van der Waals surface area contributed by atoms with Crippen molar-refractivity contribution in [2.24, 2.45) is 5.73 Å². The SMILES string of the molecule is CN(C)CCNC1(C(N)=O)COc2cc(O)ccc21. The minimum absolute atomic E-state index is 0.104. The quantitative estimate of drug-likeness (QED) is 0.675. The van der Waals surface area contributed by atoms with Crippen LogP contribution in [-0.2, 0) is 10.3 Å². The maximum atomic E-state index is 11.9. The minimum atomic E-state index is -1.01. The fraction of sp³-hybridized carbons (Fsp3) is 0.462. The highest BCUT2D eigenvalue weighted by Gasteiger charge is 2.45. The van der Waals surface area contributed by atoms with E-state index in [2.05, 4.69) is 5.32 Å². The van der Waals surface area contributed by atoms with Crippen molar-refractivity contribution in [3.05, 3.63) is 23.8 Å². The maximum absolute atomic E-state index is 11.9. The van der Waals surface area contributed by atoms with Gasteiger partial charge in [-0.25, -0.2) is 0 Å². The number of rotatable bonds is 5. The zero-order valence-corrected chi connectivity index (χ0v) is 11.1. The highest BCUT2D eigenvalue weighted by atomic mass is 16.5. The molecule has 0 saturated heterocycles. The molecular formula is C13H19N3O3. The van der Waals surface area contributed by atoms with E-state index in [1.54, 1.807) is 6.07 Å². The summed E-state index contributed by atoms with van der Waals surface area (Å²) in [6.45, 7) is 1.54. The largest absolute Gasteiger partial charge is 0.508 e. The summed E-state index contributed by atoms with van der Waals surface area (Å²) >= 11 is 0. The van der Waals surface area contributed by atoms with Gasteiger partial charge < -0.3 is 20.5 Å². The van der Waals surface area contributed by atoms with Crippen molar-refractivity contribution in [2.45, 2.75) is 5.54 Å². The van der Waals surface area contributed by atoms with Crippen LogP contribution in [0.4, 0.5) is 0 Å². The van der Waals surface area contributed by atoms with E-state index in [-0.39, 0.29) is 12.4 Å². The summed E-state index contributed by atoms with van der Waals surface area (Å²) in [5.41, 5.74) is 5.21. The van der Waals surface area contributed by atoms with E-state index in [1.807, 2.05) is 19.0 Å². The van der Waals surface area contributed by atoms with Gasteiger partial charge in [0.2, 0.25) is 5.91 Å². The Morgan fingerprint density at radius 2 is 2.32 bits per heavy atom. The normalized spacial score (nSPS) is 21.2. The van der Waals surface area contributed by atoms with Crippen LogP contribution in [-0.4, -0.2) is 49.7 Å². The number of likely N-dealkylation sites (N-methyl/N-ethyl adjacent to an activating group) is 1. The summed E-state index contributed by atoms with van der Waals surface area (Å²) in [6.07, 6.45) is 0. The molecule has 6 nitrogen and oxygen atoms in total. The fourth-order valence-electron chi connectivity index (χ4n) is 2.18. The van der Waals surface area contributed by atoms with Crippen molar-refractivity contribution >= 4 is 5.91 Å². The van der Waals surface area contributed by atoms with Gasteiger partial charge in [-0.15, -0.1) is 0 Å². The lowest BCUT2D eigenvalue weighted by Crippen LogP contribution is -2.55. The molecule has 1 aromatic rings. The second kappa shape index (κ2) is 5.07. The van der Waals surface area contributed by atoms with Crippen molar-refractivity contribution in [1.29, 1.82) is 0 Å². The summed E-state index contributed by atoms with van der Waals surface area (Å²) in [5.74, 6) is 0.124. The summed E-state index contributed by atoms with van der Waals surface area (Å²) < 4.78 is 5.48. The molecule has 1 aliphatic heterocycles. The number of aromatic hydroxyl groups is 1. The van der Waals surface area contributed by atoms with Crippen molar-refractivity contribution in [1.82, 2.24) is 10.2 Å². The van der Waals surface area contributed by atoms with Crippen LogP contribution < -0.4 is 15.8 Å². The number of hydrogen-bond donors (Lipinski definition) is 3. The van der Waals surface area contributed by atoms with Gasteiger partial charge in [-0.05, 0) is 26.2 Å². The molecule has 1 atom stereocenters. The number of amides is 1. The number of nitrogens with zero attached hydrogens (tertiary/aromatic N) is 1. The number of phenolic OH excluding ortho intramolecular Hbond substituents is 1. The molecule has 0 fully saturated rings. The highest BCUT2D eigenvalue weighted by molar-refractivity contribution is 5.88. The molecule has 0 bridgehead atoms. The van der Waals surface area contributed by atoms with Gasteiger partial charge in [-0.2, -0.15) is 0 Å². The van der Waals surface area contributed by atoms with E-state index >= 15 is 0 Å². The fourth-order valence-corrected chi connectivity index (χ4v) is 2.18. The first-order valence-corrected chi connectivity index (χ1v) is 6.12. The van der Waals surface area contributed by atoms with Gasteiger partial charge in [0.1, 0.15) is 18.1 Å². The monoisotopic (exact) mass is 265 g/mol. The molecule has 0 spiro atoms. The zero-order valence-electron chi connectivity index (χ0n) is 11.1. The van der Waals surface area contributed by atoms with Crippen LogP contribution in [0, 0.1) is 0 Å². The van der Waals surface area contributed by atoms with Crippen LogP contribution in [0.3, 0.4) is 0 Å². The Kier molecular flexibility index (Phi) is 3.64. The highest BCUT2D eigenvalue weighted by Crippen LogP contribution is 2.38. The number of primary amides is 1. The van der Waals surface area contributed by atoms with E-state index < -0.39 is 11.4 Å². The number of carbonyl (C=O) groups is 1. The Labute approximate surface area is 112 Å². The molecule has 1 aromatic carbocycles. The topological polar surface area (TPSA) is 87.8 Å². The second-order valence-electron chi connectivity index (χ2n) is 4.97. The molecular weight excluding hydrogens is 246 g/mol. The Morgan fingerprint density at radius 1 is 1.58 bits per heavy atom. The number of nitrogens with two attached hydrogens (primary N) is 1. The van der Waals surface area contributed by atoms with Gasteiger partial charge >= 0.3 is 0 Å². The molecule has 1 amide bonds. The Balaban J connectivity index is 2.26. The van der Waals surface area contributed by atoms with Gasteiger partial charge in [-0.3, -0.25) is 10.1 Å². The predicted molar refractivity (Wildman–Crippen MR) is 71.0 cm³/mol. The number of benzene rings is 1. The average molecular weight is 265 g/mol. The third-order valence-electron chi connectivity index (χ3n) is 3.28. The third-order valence-corrected chi connectivity index (χ3v) is 3.28. The average Bonchev–Trinajstić information content (AvgIpc) is 2.68. The van der Waals surface area contributed by atoms with Crippen LogP contribution >= 0.6 is 0 Å². The summed E-state index contributed by atoms with van der Waals surface area (Å²) in [5, 5.41) is 12.6. The lowest BCUT2D eigenvalue weighted by molar-refractivity contribution is -0.125. The third kappa shape index (κ3) is 2.50. The summed E-state index contributed by atoms with van der Waals surface area (Å²) in [6, 6.07) is 4.69. The molecule has 0 aromatic heterocycles. The Hall–Kier alpha value is -1.79. The first-order valence-electron chi connectivity index (χ1n) is 6.12. The molecule has 19 heavy (non-hydrogen) atoms. The molecule has 1 heterocycles. The number of nitrogens with one attached hydrogen (secondary N) is 1. The van der Waals surface area contributed by atoms with Crippen LogP contribution in [0.5, 0.6) is 11.5 Å². The van der Waals surface area contributed by atoms with E-state index in [9.17, 15) is 9.90 Å². The zero-order chi connectivity index (χ0) is 14.0. The molecule has 104 valence electrons. The van der Waals surface area contributed by atoms with Crippen LogP contribution in [0.2, 0.25) is 0 Å². The molecule has 4 N–H and O–H groups in total. The second-order valence-corrected chi connectivity index (χ2v) is 4.97. The maximum Gasteiger partial charge on any atom is 0.246 e. The lowest BCUT2D eigenvalue weighted by atomic mass is 9.91. The van der Waals surface area contributed by atoms with Gasteiger partial charge in [0.15, 0.2) is 5.54 Å². The van der Waals surface area contributed by atoms with Crippen molar-refractivity contribution in [3.8, 4) is 11.5 Å². The standard InChI is InChI=1S/C13H19N3O3/c1-16(2)6-5-15-13(12(14)18)8-19-11-7-9(17)3-4-10(11)13/h3-4,7,15,17H,5-6,8H2,1-2H3,(H2,14,18). The molecule has 6 heteroatoms. The molecule has 0 aliphatic carbocycles. The molecule has 1 aliphatic rings. The molecule has 2 rings (SSSR count). The van der Waals surface area contributed by atoms with Gasteiger partial charge in [-0.1, -0.05) is 0 Å². The van der Waals surface area contributed by atoms with Crippen LogP contribution in [0.15, 0.2) is 18.2 Å². The summed E-state index contributed by atoms with van der Waals surface area (Å²) in [7, 11) is 3.91. The van der Waals surface area contributed by atoms with Gasteiger partial charge in [0.05, 0.1) is 0 Å². The van der Waals surface area contributed by atoms with E-state index in [0.29, 0.717) is 17.9 Å². The minimum Gasteiger partial charge on any atom is -0.508 e. The van der Waals surface area contributed by atoms with E-state index in [4.69, 9.17) is 10.5 Å². The van der Waals surface area contributed by atoms with E-state index in [1.165, 1.54) is 12.1 Å². The van der Waals surface area contributed by atoms with Gasteiger partial charge in [0, 0.05) is 24.7 Å². The van der Waals surface area contributed by atoms with Crippen molar-refractivity contribution in [2.75, 3.05) is 33.8 Å². The molecule has 0 radical (unpaired) electrons. The van der Waals surface area contributed by atoms with Crippen LogP contribution in [0.25, 0.3) is 0 Å². The number of fused-ring (bicyclic) bond motifs is 1. The molecule has 0 saturated carbocycles. The lowest BCUT2D eigenvalue weighted by Gasteiger charge is -2.26. The number of phenols is 1. The Morgan fingerprint density at radius 3 is 2.95 bits per heavy atom. The Bertz CT molecular complexity index is 490. The summed E-state index contributed by atoms with van der Waals surface area (Å²) in [4.78, 5) is 13.9. The number of carbonyl (C=O) groups excluding carboxylic acids is 1. The smallest absolute Gasteiger partial charge is 0.246 e. The molecule has 1 unspecified atom stereocenters. The number of hydrogen-bond acceptors (Lipinski definition) is 5. The number of ether oxygens (including phenoxy) is 1. The van der Waals surface area contributed by atoms with Crippen molar-refractivity contribution in [3.63, 3.8) is 0 Å². The predicted octanol–water partition coefficient (Wildman–Crippen LogP) is -0.384. The van der Waals surface area contributed by atoms with Gasteiger partial charge in [0.25, 0.3) is 0 Å². The first kappa shape index (κ1) is 13.6. The van der Waals surface area contributed by atoms with E-state index in [0.717, 1.165) is 6.54 Å². The van der Waals surface area contributed by atoms with Crippen molar-refractivity contribution < 1.29 is 14.6 Å². The first-order chi connectivity index (χ1) is 8.95.